The number of hydrogen-bond donors (Lipinski definition) is 3. The second-order valence-electron chi connectivity index (χ2n) is 8.51. The summed E-state index contributed by atoms with van der Waals surface area (Å²) in [6.45, 7) is 1.21. The first-order valence-electron chi connectivity index (χ1n) is 12.4. The molecule has 6 aromatic rings. The molecule has 0 spiro atoms. The van der Waals surface area contributed by atoms with Crippen LogP contribution in [-0.4, -0.2) is 52.2 Å². The summed E-state index contributed by atoms with van der Waals surface area (Å²) in [7, 11) is 19.0. The Hall–Kier alpha value is -3.88. The SMILES string of the molecule is N#Cc1nc(N)c2nc(Br)n(Cc3ccccc3)c2n1.N#Cc1nc(N)c2ncn(Cc3ccccc3)c2n1.[B]=NS.[Cl][Fe]([Cl])[Cl].[NH2-].[OH-]. The van der Waals surface area contributed by atoms with Crippen LogP contribution in [0.15, 0.2) is 76.0 Å². The number of benzene rings is 2. The van der Waals surface area contributed by atoms with E-state index in [1.807, 2.05) is 81.9 Å². The first-order chi connectivity index (χ1) is 22.1. The molecule has 2 aromatic carbocycles. The van der Waals surface area contributed by atoms with Crippen molar-refractivity contribution >= 4 is 101 Å². The van der Waals surface area contributed by atoms with E-state index in [2.05, 4.69) is 70.6 Å². The third-order valence-corrected chi connectivity index (χ3v) is 6.25. The Balaban J connectivity index is 0.000000389. The van der Waals surface area contributed by atoms with E-state index < -0.39 is 11.2 Å². The van der Waals surface area contributed by atoms with Gasteiger partial charge < -0.3 is 27.7 Å². The van der Waals surface area contributed by atoms with Crippen LogP contribution < -0.4 is 11.5 Å². The normalized spacial score (nSPS) is 9.75. The molecule has 0 unspecified atom stereocenters. The predicted molar refractivity (Wildman–Crippen MR) is 190 cm³/mol. The molecule has 0 saturated carbocycles. The number of nitrogens with two attached hydrogens (primary N) is 3. The number of rotatable bonds is 4. The van der Waals surface area contributed by atoms with E-state index in [0.717, 1.165) is 11.1 Å². The van der Waals surface area contributed by atoms with Gasteiger partial charge in [0.05, 0.1) is 19.4 Å². The van der Waals surface area contributed by atoms with Crippen molar-refractivity contribution in [1.82, 2.24) is 39.0 Å². The largest absolute Gasteiger partial charge is 0.870 e. The smallest absolute Gasteiger partial charge is 0.693 e. The second kappa shape index (κ2) is 21.2. The fourth-order valence-electron chi connectivity index (χ4n) is 3.86. The summed E-state index contributed by atoms with van der Waals surface area (Å²) < 4.78 is 7.00. The van der Waals surface area contributed by atoms with Gasteiger partial charge in [-0.25, -0.2) is 9.97 Å². The molecule has 4 aromatic heterocycles. The third-order valence-electron chi connectivity index (χ3n) is 5.65. The van der Waals surface area contributed by atoms with E-state index in [1.54, 1.807) is 6.33 Å². The minimum Gasteiger partial charge on any atom is -0.870 e. The number of thiol groups is 1. The van der Waals surface area contributed by atoms with E-state index in [9.17, 15) is 0 Å². The van der Waals surface area contributed by atoms with E-state index in [1.165, 1.54) is 0 Å². The van der Waals surface area contributed by atoms with E-state index in [4.69, 9.17) is 52.3 Å². The monoisotopic (exact) mass is 830 g/mol. The van der Waals surface area contributed by atoms with Crippen molar-refractivity contribution < 1.29 is 16.6 Å². The molecular formula is C26H23BBrCl3FeN14OS-2. The molecule has 6 rings (SSSR count). The zero-order valence-electron chi connectivity index (χ0n) is 24.3. The van der Waals surface area contributed by atoms with Crippen LogP contribution in [0.3, 0.4) is 0 Å². The molecule has 22 heteroatoms. The summed E-state index contributed by atoms with van der Waals surface area (Å²) in [4.78, 5) is 24.6. The molecule has 48 heavy (non-hydrogen) atoms. The maximum absolute atomic E-state index is 8.94. The fraction of sp³-hybridized carbons (Fsp3) is 0.0769. The van der Waals surface area contributed by atoms with Gasteiger partial charge in [-0.3, -0.25) is 4.57 Å². The van der Waals surface area contributed by atoms with Crippen molar-refractivity contribution in [3.05, 3.63) is 101 Å². The first-order valence-corrected chi connectivity index (χ1v) is 18.1. The van der Waals surface area contributed by atoms with Crippen molar-refractivity contribution in [3.63, 3.8) is 0 Å². The van der Waals surface area contributed by atoms with Gasteiger partial charge in [0.15, 0.2) is 33.2 Å². The molecular weight excluding hydrogens is 809 g/mol. The number of nitrogen functional groups attached to an aromatic ring is 2. The van der Waals surface area contributed by atoms with Gasteiger partial charge in [-0.05, 0) is 27.1 Å². The van der Waals surface area contributed by atoms with Crippen molar-refractivity contribution in [2.75, 3.05) is 11.5 Å². The fourth-order valence-corrected chi connectivity index (χ4v) is 4.33. The van der Waals surface area contributed by atoms with Crippen LogP contribution in [-0.2, 0) is 24.3 Å². The molecule has 0 bridgehead atoms. The Morgan fingerprint density at radius 2 is 1.25 bits per heavy atom. The molecule has 0 aliphatic rings. The Morgan fingerprint density at radius 1 is 0.812 bits per heavy atom. The van der Waals surface area contributed by atoms with Gasteiger partial charge >= 0.3 is 66.2 Å². The van der Waals surface area contributed by atoms with E-state index in [0.29, 0.717) is 40.2 Å². The number of anilines is 2. The van der Waals surface area contributed by atoms with Gasteiger partial charge in [-0.15, -0.1) is 0 Å². The topological polar surface area (TPSA) is 263 Å². The molecule has 0 aliphatic heterocycles. The number of imidazole rings is 2. The summed E-state index contributed by atoms with van der Waals surface area (Å²) in [5.74, 6) is 0.531. The maximum atomic E-state index is 8.94. The second-order valence-corrected chi connectivity index (χ2v) is 14.9. The quantitative estimate of drug-likeness (QED) is 0.102. The summed E-state index contributed by atoms with van der Waals surface area (Å²) in [5.41, 5.74) is 15.9. The number of aromatic nitrogens is 8. The summed E-state index contributed by atoms with van der Waals surface area (Å²) in [6, 6.07) is 23.6. The summed E-state index contributed by atoms with van der Waals surface area (Å²) in [6.07, 6.45) is 1.66. The minimum atomic E-state index is -1.33. The van der Waals surface area contributed by atoms with Crippen LogP contribution in [0.4, 0.5) is 11.6 Å². The zero-order valence-corrected chi connectivity index (χ0v) is 30.1. The molecule has 250 valence electrons. The van der Waals surface area contributed by atoms with Crippen LogP contribution in [0, 0.1) is 22.7 Å². The van der Waals surface area contributed by atoms with E-state index in [-0.39, 0.29) is 34.9 Å². The number of fused-ring (bicyclic) bond motifs is 2. The van der Waals surface area contributed by atoms with Crippen molar-refractivity contribution in [2.45, 2.75) is 13.1 Å². The van der Waals surface area contributed by atoms with Gasteiger partial charge in [0.25, 0.3) is 0 Å². The van der Waals surface area contributed by atoms with Gasteiger partial charge in [-0.1, -0.05) is 60.7 Å². The standard InChI is InChI=1S/C13H9BrN6.C13H10N6.BHNS.3ClH.Fe.H2N.H2O/c14-13-19-10-11(16)17-9(6-15)18-12(10)20(13)7-8-4-2-1-3-5-8;14-6-10-17-12(15)11-13(18-10)19(8-16-11)7-9-4-2-1-3-5-9;1-2-3;;;;;;/h1-5H,7H2,(H2,16,17,18);1-5,8H,7H2,(H2,15,17,18);3H;3*1H;;2*1H2/q;;;;;;+3;-1;/p-4. The van der Waals surface area contributed by atoms with Gasteiger partial charge in [0.2, 0.25) is 11.6 Å². The van der Waals surface area contributed by atoms with Crippen LogP contribution >= 0.6 is 59.0 Å². The number of nitriles is 2. The maximum Gasteiger partial charge on any atom is -0.693 e. The zero-order chi connectivity index (χ0) is 33.6. The number of hydrogen-bond acceptors (Lipinski definition) is 13. The summed E-state index contributed by atoms with van der Waals surface area (Å²) in [5, 5.41) is 17.8. The van der Waals surface area contributed by atoms with Crippen molar-refractivity contribution in [2.24, 2.45) is 4.30 Å². The van der Waals surface area contributed by atoms with Crippen LogP contribution in [0.2, 0.25) is 0 Å². The molecule has 0 atom stereocenters. The Labute approximate surface area is 306 Å². The van der Waals surface area contributed by atoms with Gasteiger partial charge in [0.1, 0.15) is 17.7 Å². The molecule has 1 radical (unpaired) electrons. The van der Waals surface area contributed by atoms with Crippen LogP contribution in [0.1, 0.15) is 22.8 Å². The van der Waals surface area contributed by atoms with Crippen molar-refractivity contribution in [1.29, 1.82) is 10.5 Å². The molecule has 0 amide bonds. The van der Waals surface area contributed by atoms with E-state index >= 15 is 0 Å². The predicted octanol–water partition coefficient (Wildman–Crippen LogP) is 6.21. The average Bonchev–Trinajstić information content (AvgIpc) is 3.59. The minimum absolute atomic E-state index is 0. The van der Waals surface area contributed by atoms with Crippen molar-refractivity contribution in [3.8, 4) is 12.1 Å². The van der Waals surface area contributed by atoms with Crippen LogP contribution in [0.25, 0.3) is 28.5 Å². The molecule has 4 heterocycles. The average molecular weight is 833 g/mol. The number of nitrogens with zero attached hydrogens (tertiary/aromatic N) is 11. The number of halogens is 4. The van der Waals surface area contributed by atoms with Crippen LogP contribution in [0.5, 0.6) is 0 Å². The molecule has 7 N–H and O–H groups in total. The summed E-state index contributed by atoms with van der Waals surface area (Å²) >= 11 is 5.25. The molecule has 0 aliphatic carbocycles. The Kier molecular flexibility index (Phi) is 18.6. The molecule has 0 fully saturated rings. The van der Waals surface area contributed by atoms with Gasteiger partial charge in [-0.2, -0.15) is 30.5 Å². The molecule has 15 nitrogen and oxygen atoms in total. The Bertz CT molecular complexity index is 2010. The third kappa shape index (κ3) is 12.0. The first kappa shape index (κ1) is 42.1. The van der Waals surface area contributed by atoms with Gasteiger partial charge in [0, 0.05) is 0 Å². The molecule has 0 saturated heterocycles. The Morgan fingerprint density at radius 3 is 1.73 bits per heavy atom.